The van der Waals surface area contributed by atoms with E-state index in [9.17, 15) is 14.4 Å². The van der Waals surface area contributed by atoms with Crippen LogP contribution in [-0.4, -0.2) is 20.6 Å². The fourth-order valence-corrected chi connectivity index (χ4v) is 1.71. The van der Waals surface area contributed by atoms with Gasteiger partial charge in [0.2, 0.25) is 5.91 Å². The van der Waals surface area contributed by atoms with Crippen LogP contribution in [0.2, 0.25) is 0 Å². The fourth-order valence-electron chi connectivity index (χ4n) is 1.71. The van der Waals surface area contributed by atoms with Crippen LogP contribution < -0.4 is 28.0 Å². The largest absolute Gasteiger partial charge is 0.383 e. The molecule has 0 unspecified atom stereocenters. The Hall–Kier alpha value is -2.25. The topological polar surface area (TPSA) is 125 Å². The zero-order valence-electron chi connectivity index (χ0n) is 12.2. The third-order valence-corrected chi connectivity index (χ3v) is 3.08. The first kappa shape index (κ1) is 15.8. The molecule has 1 heterocycles. The Labute approximate surface area is 116 Å². The molecular weight excluding hydrogens is 262 g/mol. The lowest BCUT2D eigenvalue weighted by atomic mass is 10.0. The first-order chi connectivity index (χ1) is 9.13. The van der Waals surface area contributed by atoms with Crippen molar-refractivity contribution in [2.75, 3.05) is 11.1 Å². The van der Waals surface area contributed by atoms with Crippen molar-refractivity contribution in [3.05, 3.63) is 20.8 Å². The highest BCUT2D eigenvalue weighted by Crippen LogP contribution is 2.17. The number of carbonyl (C=O) groups is 1. The van der Waals surface area contributed by atoms with Crippen molar-refractivity contribution < 1.29 is 4.79 Å². The molecule has 1 aromatic rings. The van der Waals surface area contributed by atoms with E-state index in [2.05, 4.69) is 5.32 Å². The zero-order chi connectivity index (χ0) is 15.7. The number of nitrogens with one attached hydrogen (secondary N) is 1. The van der Waals surface area contributed by atoms with Gasteiger partial charge in [-0.15, -0.1) is 0 Å². The first-order valence-electron chi connectivity index (χ1n) is 6.30. The maximum Gasteiger partial charge on any atom is 0.332 e. The van der Waals surface area contributed by atoms with Crippen molar-refractivity contribution in [1.29, 1.82) is 0 Å². The Balaban J connectivity index is 3.52. The SMILES string of the molecule is CCCn1c(N)c(NC(C)(C)C(N)=O)c(=O)n(C)c1=O. The molecule has 0 fully saturated rings. The molecule has 112 valence electrons. The first-order valence-corrected chi connectivity index (χ1v) is 6.30. The van der Waals surface area contributed by atoms with E-state index in [4.69, 9.17) is 11.5 Å². The van der Waals surface area contributed by atoms with Crippen molar-refractivity contribution in [2.24, 2.45) is 12.8 Å². The van der Waals surface area contributed by atoms with E-state index in [-0.39, 0.29) is 11.5 Å². The van der Waals surface area contributed by atoms with Crippen LogP contribution in [0.25, 0.3) is 0 Å². The van der Waals surface area contributed by atoms with Gasteiger partial charge in [0.15, 0.2) is 0 Å². The fraction of sp³-hybridized carbons (Fsp3) is 0.583. The van der Waals surface area contributed by atoms with Crippen LogP contribution in [0.1, 0.15) is 27.2 Å². The minimum atomic E-state index is -1.16. The van der Waals surface area contributed by atoms with Crippen molar-refractivity contribution in [3.63, 3.8) is 0 Å². The number of primary amides is 1. The maximum absolute atomic E-state index is 12.1. The summed E-state index contributed by atoms with van der Waals surface area (Å²) in [4.78, 5) is 35.5. The number of hydrogen-bond donors (Lipinski definition) is 3. The van der Waals surface area contributed by atoms with E-state index in [0.29, 0.717) is 13.0 Å². The molecule has 1 rings (SSSR count). The average molecular weight is 283 g/mol. The Kier molecular flexibility index (Phi) is 4.26. The molecule has 1 aromatic heterocycles. The van der Waals surface area contributed by atoms with E-state index in [1.165, 1.54) is 25.5 Å². The third kappa shape index (κ3) is 2.68. The highest BCUT2D eigenvalue weighted by atomic mass is 16.2. The summed E-state index contributed by atoms with van der Waals surface area (Å²) in [7, 11) is 1.36. The normalized spacial score (nSPS) is 11.4. The molecule has 20 heavy (non-hydrogen) atoms. The van der Waals surface area contributed by atoms with Gasteiger partial charge in [0.25, 0.3) is 5.56 Å². The molecule has 0 atom stereocenters. The molecule has 5 N–H and O–H groups in total. The van der Waals surface area contributed by atoms with E-state index in [0.717, 1.165) is 4.57 Å². The molecule has 8 nitrogen and oxygen atoms in total. The average Bonchev–Trinajstić information content (AvgIpc) is 2.37. The number of anilines is 2. The number of nitrogens with zero attached hydrogens (tertiary/aromatic N) is 2. The Morgan fingerprint density at radius 1 is 1.35 bits per heavy atom. The Bertz CT molecular complexity index is 642. The predicted octanol–water partition coefficient (Wildman–Crippen LogP) is -0.785. The number of hydrogen-bond acceptors (Lipinski definition) is 5. The molecule has 0 saturated carbocycles. The minimum Gasteiger partial charge on any atom is -0.383 e. The van der Waals surface area contributed by atoms with Gasteiger partial charge in [0.1, 0.15) is 17.0 Å². The lowest BCUT2D eigenvalue weighted by Gasteiger charge is -2.25. The molecule has 0 aliphatic heterocycles. The molecule has 0 aliphatic rings. The molecule has 0 aromatic carbocycles. The summed E-state index contributed by atoms with van der Waals surface area (Å²) >= 11 is 0. The van der Waals surface area contributed by atoms with Crippen LogP contribution >= 0.6 is 0 Å². The van der Waals surface area contributed by atoms with E-state index in [1.54, 1.807) is 0 Å². The summed E-state index contributed by atoms with van der Waals surface area (Å²) in [5.74, 6) is -0.624. The second kappa shape index (κ2) is 5.40. The van der Waals surface area contributed by atoms with Gasteiger partial charge in [-0.3, -0.25) is 18.7 Å². The Morgan fingerprint density at radius 3 is 2.35 bits per heavy atom. The second-order valence-corrected chi connectivity index (χ2v) is 5.17. The standard InChI is InChI=1S/C12H21N5O3/c1-5-6-17-8(13)7(9(18)16(4)11(17)20)15-12(2,3)10(14)19/h15H,5-6,13H2,1-4H3,(H2,14,19). The molecule has 0 spiro atoms. The van der Waals surface area contributed by atoms with Crippen LogP contribution in [0.15, 0.2) is 9.59 Å². The Morgan fingerprint density at radius 2 is 1.90 bits per heavy atom. The third-order valence-electron chi connectivity index (χ3n) is 3.08. The van der Waals surface area contributed by atoms with Gasteiger partial charge in [0, 0.05) is 13.6 Å². The smallest absolute Gasteiger partial charge is 0.332 e. The van der Waals surface area contributed by atoms with Crippen molar-refractivity contribution in [3.8, 4) is 0 Å². The van der Waals surface area contributed by atoms with Crippen LogP contribution in [-0.2, 0) is 18.4 Å². The van der Waals surface area contributed by atoms with Gasteiger partial charge < -0.3 is 16.8 Å². The summed E-state index contributed by atoms with van der Waals surface area (Å²) in [5, 5.41) is 2.73. The highest BCUT2D eigenvalue weighted by Gasteiger charge is 2.28. The van der Waals surface area contributed by atoms with E-state index in [1.807, 2.05) is 6.92 Å². The van der Waals surface area contributed by atoms with Gasteiger partial charge in [-0.2, -0.15) is 0 Å². The van der Waals surface area contributed by atoms with Crippen molar-refractivity contribution in [1.82, 2.24) is 9.13 Å². The lowest BCUT2D eigenvalue weighted by Crippen LogP contribution is -2.49. The second-order valence-electron chi connectivity index (χ2n) is 5.17. The van der Waals surface area contributed by atoms with E-state index >= 15 is 0 Å². The van der Waals surface area contributed by atoms with Crippen molar-refractivity contribution in [2.45, 2.75) is 39.3 Å². The molecule has 8 heteroatoms. The zero-order valence-corrected chi connectivity index (χ0v) is 12.2. The predicted molar refractivity (Wildman–Crippen MR) is 77.5 cm³/mol. The number of carbonyl (C=O) groups excluding carboxylic acids is 1. The van der Waals surface area contributed by atoms with E-state index < -0.39 is 22.7 Å². The number of amides is 1. The van der Waals surface area contributed by atoms with Gasteiger partial charge in [-0.25, -0.2) is 4.79 Å². The summed E-state index contributed by atoms with van der Waals surface area (Å²) in [6.45, 7) is 5.33. The highest BCUT2D eigenvalue weighted by molar-refractivity contribution is 5.87. The molecule has 1 amide bonds. The molecule has 0 aliphatic carbocycles. The number of rotatable bonds is 5. The van der Waals surface area contributed by atoms with Gasteiger partial charge >= 0.3 is 5.69 Å². The quantitative estimate of drug-likeness (QED) is 0.653. The molecule has 0 radical (unpaired) electrons. The van der Waals surface area contributed by atoms with Crippen LogP contribution in [0, 0.1) is 0 Å². The minimum absolute atomic E-state index is 0.00403. The summed E-state index contributed by atoms with van der Waals surface area (Å²) in [6, 6.07) is 0. The summed E-state index contributed by atoms with van der Waals surface area (Å²) < 4.78 is 2.24. The monoisotopic (exact) mass is 283 g/mol. The number of nitrogens with two attached hydrogens (primary N) is 2. The van der Waals surface area contributed by atoms with Gasteiger partial charge in [0.05, 0.1) is 0 Å². The van der Waals surface area contributed by atoms with Crippen LogP contribution in [0.5, 0.6) is 0 Å². The molecular formula is C12H21N5O3. The molecule has 0 saturated heterocycles. The van der Waals surface area contributed by atoms with Crippen LogP contribution in [0.3, 0.4) is 0 Å². The maximum atomic E-state index is 12.1. The number of aromatic nitrogens is 2. The number of nitrogen functional groups attached to an aromatic ring is 1. The molecule has 0 bridgehead atoms. The van der Waals surface area contributed by atoms with Gasteiger partial charge in [-0.1, -0.05) is 6.92 Å². The van der Waals surface area contributed by atoms with Gasteiger partial charge in [-0.05, 0) is 20.3 Å². The summed E-state index contributed by atoms with van der Waals surface area (Å²) in [6.07, 6.45) is 0.682. The lowest BCUT2D eigenvalue weighted by molar-refractivity contribution is -0.121. The van der Waals surface area contributed by atoms with Crippen molar-refractivity contribution >= 4 is 17.4 Å². The van der Waals surface area contributed by atoms with Crippen LogP contribution in [0.4, 0.5) is 11.5 Å². The summed E-state index contributed by atoms with van der Waals surface area (Å²) in [5.41, 5.74) is 8.91.